The van der Waals surface area contributed by atoms with E-state index in [-0.39, 0.29) is 5.69 Å². The zero-order chi connectivity index (χ0) is 12.7. The molecule has 1 N–H and O–H groups in total. The summed E-state index contributed by atoms with van der Waals surface area (Å²) in [6.45, 7) is 4.07. The van der Waals surface area contributed by atoms with Gasteiger partial charge in [-0.1, -0.05) is 0 Å². The van der Waals surface area contributed by atoms with Crippen molar-refractivity contribution >= 4 is 27.4 Å². The Bertz CT molecular complexity index is 484. The van der Waals surface area contributed by atoms with E-state index >= 15 is 0 Å². The second kappa shape index (κ2) is 4.47. The van der Waals surface area contributed by atoms with Crippen molar-refractivity contribution in [3.05, 3.63) is 26.9 Å². The molecule has 1 aromatic heterocycles. The molecular weight excluding hydrogens is 300 g/mol. The van der Waals surface area contributed by atoms with Gasteiger partial charge >= 0.3 is 0 Å². The van der Waals surface area contributed by atoms with Crippen LogP contribution in [0.5, 0.6) is 0 Å². The smallest absolute Gasteiger partial charge is 0.288 e. The van der Waals surface area contributed by atoms with Gasteiger partial charge < -0.3 is 10.2 Å². The predicted octanol–water partition coefficient (Wildman–Crippen LogP) is 1.41. The lowest BCUT2D eigenvalue weighted by Crippen LogP contribution is -2.26. The van der Waals surface area contributed by atoms with E-state index in [4.69, 9.17) is 0 Å². The highest BCUT2D eigenvalue weighted by Gasteiger charge is 2.37. The number of pyridine rings is 1. The van der Waals surface area contributed by atoms with Crippen LogP contribution in [0.15, 0.2) is 16.7 Å². The number of fused-ring (bicyclic) bond motifs is 1. The van der Waals surface area contributed by atoms with Crippen molar-refractivity contribution in [2.24, 2.45) is 11.8 Å². The molecule has 1 aromatic rings. The van der Waals surface area contributed by atoms with E-state index in [9.17, 15) is 10.1 Å². The Labute approximate surface area is 113 Å². The fourth-order valence-corrected chi connectivity index (χ4v) is 3.37. The summed E-state index contributed by atoms with van der Waals surface area (Å²) in [4.78, 5) is 16.7. The quantitative estimate of drug-likeness (QED) is 0.660. The minimum atomic E-state index is -0.426. The van der Waals surface area contributed by atoms with Crippen LogP contribution in [0.1, 0.15) is 0 Å². The van der Waals surface area contributed by atoms with Crippen molar-refractivity contribution in [2.75, 3.05) is 31.1 Å². The first-order valence-electron chi connectivity index (χ1n) is 5.91. The van der Waals surface area contributed by atoms with Crippen LogP contribution in [0.4, 0.5) is 11.5 Å². The Morgan fingerprint density at radius 3 is 2.67 bits per heavy atom. The molecule has 18 heavy (non-hydrogen) atoms. The van der Waals surface area contributed by atoms with Gasteiger partial charge in [0.1, 0.15) is 12.0 Å². The van der Waals surface area contributed by atoms with Gasteiger partial charge in [-0.2, -0.15) is 0 Å². The van der Waals surface area contributed by atoms with Crippen LogP contribution in [-0.2, 0) is 0 Å². The lowest BCUT2D eigenvalue weighted by molar-refractivity contribution is -0.385. The van der Waals surface area contributed by atoms with Gasteiger partial charge in [0.25, 0.3) is 5.69 Å². The molecule has 6 nitrogen and oxygen atoms in total. The Kier molecular flexibility index (Phi) is 2.95. The van der Waals surface area contributed by atoms with Gasteiger partial charge in [-0.25, -0.2) is 4.98 Å². The Hall–Kier alpha value is -1.21. The number of nitro groups is 1. The maximum absolute atomic E-state index is 10.7. The van der Waals surface area contributed by atoms with Gasteiger partial charge in [-0.15, -0.1) is 0 Å². The molecule has 2 saturated heterocycles. The van der Waals surface area contributed by atoms with Crippen LogP contribution < -0.4 is 10.2 Å². The zero-order valence-electron chi connectivity index (χ0n) is 9.67. The Morgan fingerprint density at radius 2 is 2.11 bits per heavy atom. The largest absolute Gasteiger partial charge is 0.355 e. The minimum absolute atomic E-state index is 0.0201. The maximum Gasteiger partial charge on any atom is 0.288 e. The van der Waals surface area contributed by atoms with Gasteiger partial charge in [-0.3, -0.25) is 10.1 Å². The molecule has 0 saturated carbocycles. The van der Waals surface area contributed by atoms with Crippen LogP contribution in [-0.4, -0.2) is 36.1 Å². The first-order valence-corrected chi connectivity index (χ1v) is 6.70. The van der Waals surface area contributed by atoms with E-state index in [2.05, 4.69) is 31.1 Å². The van der Waals surface area contributed by atoms with E-state index in [1.807, 2.05) is 0 Å². The second-order valence-electron chi connectivity index (χ2n) is 4.84. The number of nitrogens with one attached hydrogen (secondary N) is 1. The summed E-state index contributed by atoms with van der Waals surface area (Å²) >= 11 is 3.38. The molecule has 0 unspecified atom stereocenters. The summed E-state index contributed by atoms with van der Waals surface area (Å²) in [6.07, 6.45) is 1.33. The van der Waals surface area contributed by atoms with E-state index in [0.29, 0.717) is 16.3 Å². The number of halogens is 1. The van der Waals surface area contributed by atoms with Crippen molar-refractivity contribution < 1.29 is 4.92 Å². The number of anilines is 1. The molecule has 96 valence electrons. The lowest BCUT2D eigenvalue weighted by Gasteiger charge is -2.19. The fourth-order valence-electron chi connectivity index (χ4n) is 2.78. The highest BCUT2D eigenvalue weighted by atomic mass is 79.9. The van der Waals surface area contributed by atoms with Gasteiger partial charge in [0.15, 0.2) is 0 Å². The number of rotatable bonds is 2. The maximum atomic E-state index is 10.7. The summed E-state index contributed by atoms with van der Waals surface area (Å²) < 4.78 is 0.699. The van der Waals surface area contributed by atoms with Gasteiger partial charge in [0.05, 0.1) is 9.40 Å². The topological polar surface area (TPSA) is 71.3 Å². The first kappa shape index (κ1) is 11.9. The fraction of sp³-hybridized carbons (Fsp3) is 0.545. The number of hydrogen-bond donors (Lipinski definition) is 1. The Balaban J connectivity index is 1.83. The monoisotopic (exact) mass is 312 g/mol. The Morgan fingerprint density at radius 1 is 1.44 bits per heavy atom. The van der Waals surface area contributed by atoms with Crippen LogP contribution in [0.25, 0.3) is 0 Å². The van der Waals surface area contributed by atoms with Gasteiger partial charge in [0, 0.05) is 32.2 Å². The molecule has 3 heterocycles. The number of nitrogens with zero attached hydrogens (tertiary/aromatic N) is 3. The van der Waals surface area contributed by atoms with Crippen molar-refractivity contribution in [3.63, 3.8) is 0 Å². The van der Waals surface area contributed by atoms with Crippen LogP contribution >= 0.6 is 15.9 Å². The van der Waals surface area contributed by atoms with E-state index in [1.165, 1.54) is 12.3 Å². The molecule has 2 fully saturated rings. The highest BCUT2D eigenvalue weighted by Crippen LogP contribution is 2.34. The number of aromatic nitrogens is 1. The normalized spacial score (nSPS) is 26.4. The summed E-state index contributed by atoms with van der Waals surface area (Å²) in [6, 6.07) is 1.52. The summed E-state index contributed by atoms with van der Waals surface area (Å²) in [7, 11) is 0. The van der Waals surface area contributed by atoms with Crippen LogP contribution in [0.2, 0.25) is 0 Å². The third kappa shape index (κ3) is 1.97. The molecular formula is C11H13BrN4O2. The molecule has 0 aromatic carbocycles. The predicted molar refractivity (Wildman–Crippen MR) is 70.7 cm³/mol. The van der Waals surface area contributed by atoms with Crippen LogP contribution in [0.3, 0.4) is 0 Å². The molecule has 2 aliphatic heterocycles. The van der Waals surface area contributed by atoms with Crippen molar-refractivity contribution in [3.8, 4) is 0 Å². The zero-order valence-corrected chi connectivity index (χ0v) is 11.3. The van der Waals surface area contributed by atoms with Gasteiger partial charge in [-0.05, 0) is 27.8 Å². The highest BCUT2D eigenvalue weighted by molar-refractivity contribution is 9.10. The standard InChI is InChI=1S/C11H13BrN4O2/c12-10-1-9(16(17)18)4-14-11(10)15-5-7-2-13-3-8(7)6-15/h1,4,7-8,13H,2-3,5-6H2/t7-,8+. The number of hydrogen-bond acceptors (Lipinski definition) is 5. The van der Waals surface area contributed by atoms with E-state index < -0.39 is 4.92 Å². The van der Waals surface area contributed by atoms with E-state index in [1.54, 1.807) is 0 Å². The van der Waals surface area contributed by atoms with E-state index in [0.717, 1.165) is 32.0 Å². The molecule has 3 rings (SSSR count). The molecule has 2 aliphatic rings. The first-order chi connectivity index (χ1) is 8.65. The SMILES string of the molecule is O=[N+]([O-])c1cnc(N2C[C@H]3CNC[C@H]3C2)c(Br)c1. The molecule has 0 amide bonds. The lowest BCUT2D eigenvalue weighted by atomic mass is 10.0. The molecule has 7 heteroatoms. The second-order valence-corrected chi connectivity index (χ2v) is 5.69. The van der Waals surface area contributed by atoms with Crippen LogP contribution in [0, 0.1) is 22.0 Å². The summed E-state index contributed by atoms with van der Waals surface area (Å²) in [5.41, 5.74) is 0.0201. The summed E-state index contributed by atoms with van der Waals surface area (Å²) in [5, 5.41) is 14.1. The van der Waals surface area contributed by atoms with Crippen molar-refractivity contribution in [1.82, 2.24) is 10.3 Å². The third-order valence-corrected chi connectivity index (χ3v) is 4.29. The average Bonchev–Trinajstić information content (AvgIpc) is 2.88. The molecule has 0 aliphatic carbocycles. The summed E-state index contributed by atoms with van der Waals surface area (Å²) in [5.74, 6) is 2.16. The van der Waals surface area contributed by atoms with Crippen molar-refractivity contribution in [2.45, 2.75) is 0 Å². The molecule has 2 atom stereocenters. The average molecular weight is 313 g/mol. The van der Waals surface area contributed by atoms with Gasteiger partial charge in [0.2, 0.25) is 0 Å². The molecule has 0 bridgehead atoms. The minimum Gasteiger partial charge on any atom is -0.355 e. The molecule has 0 radical (unpaired) electrons. The molecule has 0 spiro atoms. The van der Waals surface area contributed by atoms with Crippen molar-refractivity contribution in [1.29, 1.82) is 0 Å². The third-order valence-electron chi connectivity index (χ3n) is 3.71.